The van der Waals surface area contributed by atoms with Crippen LogP contribution in [-0.2, 0) is 7.05 Å². The Morgan fingerprint density at radius 1 is 1.06 bits per heavy atom. The van der Waals surface area contributed by atoms with Crippen molar-refractivity contribution in [3.63, 3.8) is 0 Å². The molecule has 90 valence electrons. The Balaban J connectivity index is 2.16. The van der Waals surface area contributed by atoms with Gasteiger partial charge in [-0.25, -0.2) is 4.98 Å². The van der Waals surface area contributed by atoms with E-state index in [4.69, 9.17) is 5.73 Å². The first kappa shape index (κ1) is 10.6. The lowest BCUT2D eigenvalue weighted by molar-refractivity contribution is 0.475. The molecule has 0 spiro atoms. The van der Waals surface area contributed by atoms with Crippen LogP contribution in [0.3, 0.4) is 0 Å². The molecule has 0 aliphatic rings. The van der Waals surface area contributed by atoms with Crippen molar-refractivity contribution in [1.82, 2.24) is 14.5 Å². The van der Waals surface area contributed by atoms with Crippen molar-refractivity contribution in [1.29, 1.82) is 0 Å². The zero-order chi connectivity index (χ0) is 12.7. The average molecular weight is 240 g/mol. The normalized spacial score (nSPS) is 10.9. The van der Waals surface area contributed by atoms with E-state index in [1.54, 1.807) is 16.7 Å². The maximum absolute atomic E-state index is 9.26. The fourth-order valence-electron chi connectivity index (χ4n) is 1.88. The van der Waals surface area contributed by atoms with Crippen molar-refractivity contribution >= 4 is 17.1 Å². The highest BCUT2D eigenvalue weighted by molar-refractivity contribution is 5.78. The quantitative estimate of drug-likeness (QED) is 0.681. The molecule has 0 atom stereocenters. The zero-order valence-corrected chi connectivity index (χ0v) is 9.83. The topological polar surface area (TPSA) is 77.0 Å². The van der Waals surface area contributed by atoms with E-state index in [1.807, 2.05) is 31.3 Å². The fraction of sp³-hybridized carbons (Fsp3) is 0.0769. The fourth-order valence-corrected chi connectivity index (χ4v) is 1.88. The number of phenolic OH excluding ortho intramolecular Hbond substituents is 1. The molecule has 2 aromatic heterocycles. The van der Waals surface area contributed by atoms with Crippen LogP contribution in [0, 0.1) is 0 Å². The van der Waals surface area contributed by atoms with E-state index in [2.05, 4.69) is 9.97 Å². The minimum absolute atomic E-state index is 0.238. The first-order chi connectivity index (χ1) is 8.65. The van der Waals surface area contributed by atoms with Crippen molar-refractivity contribution in [2.24, 2.45) is 7.05 Å². The summed E-state index contributed by atoms with van der Waals surface area (Å²) in [4.78, 5) is 8.66. The van der Waals surface area contributed by atoms with Gasteiger partial charge in [-0.15, -0.1) is 0 Å². The maximum atomic E-state index is 9.26. The molecule has 3 aromatic rings. The molecular weight excluding hydrogens is 228 g/mol. The second-order valence-electron chi connectivity index (χ2n) is 4.12. The highest BCUT2D eigenvalue weighted by Gasteiger charge is 2.07. The molecule has 0 aliphatic carbocycles. The number of aromatic hydroxyl groups is 1. The van der Waals surface area contributed by atoms with Crippen LogP contribution in [-0.4, -0.2) is 19.6 Å². The first-order valence-electron chi connectivity index (χ1n) is 5.53. The number of imidazole rings is 1. The predicted molar refractivity (Wildman–Crippen MR) is 70.0 cm³/mol. The molecule has 3 rings (SSSR count). The highest BCUT2D eigenvalue weighted by Crippen LogP contribution is 2.23. The largest absolute Gasteiger partial charge is 0.508 e. The van der Waals surface area contributed by atoms with Crippen LogP contribution in [0.1, 0.15) is 0 Å². The number of hydrogen-bond acceptors (Lipinski definition) is 4. The molecule has 18 heavy (non-hydrogen) atoms. The summed E-state index contributed by atoms with van der Waals surface area (Å²) in [7, 11) is 1.85. The van der Waals surface area contributed by atoms with Gasteiger partial charge in [0.25, 0.3) is 0 Å². The molecule has 0 saturated heterocycles. The van der Waals surface area contributed by atoms with Crippen molar-refractivity contribution < 1.29 is 5.11 Å². The molecule has 0 radical (unpaired) electrons. The van der Waals surface area contributed by atoms with Gasteiger partial charge in [0, 0.05) is 12.6 Å². The van der Waals surface area contributed by atoms with E-state index in [0.717, 1.165) is 16.8 Å². The summed E-state index contributed by atoms with van der Waals surface area (Å²) in [5.74, 6) is 0.683. The van der Waals surface area contributed by atoms with Crippen molar-refractivity contribution in [3.05, 3.63) is 36.4 Å². The second-order valence-corrected chi connectivity index (χ2v) is 4.12. The van der Waals surface area contributed by atoms with Gasteiger partial charge in [-0.2, -0.15) is 4.98 Å². The lowest BCUT2D eigenvalue weighted by atomic mass is 10.1. The van der Waals surface area contributed by atoms with Gasteiger partial charge in [-0.1, -0.05) is 0 Å². The lowest BCUT2D eigenvalue weighted by Gasteiger charge is -2.01. The number of aryl methyl sites for hydroxylation is 1. The third-order valence-corrected chi connectivity index (χ3v) is 2.94. The van der Waals surface area contributed by atoms with Gasteiger partial charge in [-0.3, -0.25) is 0 Å². The number of aromatic nitrogens is 3. The smallest absolute Gasteiger partial charge is 0.202 e. The Bertz CT molecular complexity index is 716. The number of anilines is 1. The number of rotatable bonds is 1. The van der Waals surface area contributed by atoms with E-state index in [-0.39, 0.29) is 5.75 Å². The standard InChI is InChI=1S/C13H12N4O/c1-17-11-7-6-10(15-12(11)16-13(17)14)8-2-4-9(18)5-3-8/h2-7,18H,1H3,(H2,14,15,16). The Kier molecular flexibility index (Phi) is 2.19. The van der Waals surface area contributed by atoms with Gasteiger partial charge in [-0.05, 0) is 36.4 Å². The second kappa shape index (κ2) is 3.73. The summed E-state index contributed by atoms with van der Waals surface area (Å²) in [5, 5.41) is 9.26. The Morgan fingerprint density at radius 2 is 1.78 bits per heavy atom. The third-order valence-electron chi connectivity index (χ3n) is 2.94. The highest BCUT2D eigenvalue weighted by atomic mass is 16.3. The number of benzene rings is 1. The van der Waals surface area contributed by atoms with Crippen LogP contribution >= 0.6 is 0 Å². The van der Waals surface area contributed by atoms with E-state index in [1.165, 1.54) is 0 Å². The van der Waals surface area contributed by atoms with Gasteiger partial charge >= 0.3 is 0 Å². The molecule has 0 amide bonds. The molecule has 5 nitrogen and oxygen atoms in total. The molecule has 0 bridgehead atoms. The average Bonchev–Trinajstić information content (AvgIpc) is 2.65. The van der Waals surface area contributed by atoms with E-state index < -0.39 is 0 Å². The Morgan fingerprint density at radius 3 is 2.50 bits per heavy atom. The summed E-state index contributed by atoms with van der Waals surface area (Å²) in [6, 6.07) is 10.7. The monoisotopic (exact) mass is 240 g/mol. The van der Waals surface area contributed by atoms with Gasteiger partial charge in [0.05, 0.1) is 11.2 Å². The summed E-state index contributed by atoms with van der Waals surface area (Å²) in [5.41, 5.74) is 9.00. The van der Waals surface area contributed by atoms with Crippen molar-refractivity contribution in [2.75, 3.05) is 5.73 Å². The van der Waals surface area contributed by atoms with Crippen LogP contribution in [0.15, 0.2) is 36.4 Å². The van der Waals surface area contributed by atoms with Crippen LogP contribution in [0.2, 0.25) is 0 Å². The number of nitrogens with two attached hydrogens (primary N) is 1. The van der Waals surface area contributed by atoms with E-state index >= 15 is 0 Å². The molecule has 2 heterocycles. The van der Waals surface area contributed by atoms with Crippen molar-refractivity contribution in [3.8, 4) is 17.0 Å². The summed E-state index contributed by atoms with van der Waals surface area (Å²) in [6.45, 7) is 0. The number of pyridine rings is 1. The number of nitrogens with zero attached hydrogens (tertiary/aromatic N) is 3. The molecule has 5 heteroatoms. The predicted octanol–water partition coefficient (Wildman–Crippen LogP) is 1.92. The van der Waals surface area contributed by atoms with Crippen LogP contribution < -0.4 is 5.73 Å². The van der Waals surface area contributed by atoms with E-state index in [0.29, 0.717) is 11.6 Å². The minimum Gasteiger partial charge on any atom is -0.508 e. The number of fused-ring (bicyclic) bond motifs is 1. The molecule has 0 aliphatic heterocycles. The molecule has 0 fully saturated rings. The first-order valence-corrected chi connectivity index (χ1v) is 5.53. The number of hydrogen-bond donors (Lipinski definition) is 2. The van der Waals surface area contributed by atoms with E-state index in [9.17, 15) is 5.11 Å². The Hall–Kier alpha value is -2.56. The van der Waals surface area contributed by atoms with Gasteiger partial charge in [0.1, 0.15) is 5.75 Å². The molecule has 3 N–H and O–H groups in total. The molecular formula is C13H12N4O. The van der Waals surface area contributed by atoms with Crippen molar-refractivity contribution in [2.45, 2.75) is 0 Å². The lowest BCUT2D eigenvalue weighted by Crippen LogP contribution is -1.95. The Labute approximate surface area is 104 Å². The number of nitrogen functional groups attached to an aromatic ring is 1. The maximum Gasteiger partial charge on any atom is 0.202 e. The van der Waals surface area contributed by atoms with Gasteiger partial charge < -0.3 is 15.4 Å². The summed E-state index contributed by atoms with van der Waals surface area (Å²) in [6.07, 6.45) is 0. The van der Waals surface area contributed by atoms with Crippen LogP contribution in [0.25, 0.3) is 22.4 Å². The molecule has 0 unspecified atom stereocenters. The third kappa shape index (κ3) is 1.57. The summed E-state index contributed by atoms with van der Waals surface area (Å²) < 4.78 is 1.79. The minimum atomic E-state index is 0.238. The van der Waals surface area contributed by atoms with Gasteiger partial charge in [0.15, 0.2) is 5.65 Å². The molecule has 0 saturated carbocycles. The summed E-state index contributed by atoms with van der Waals surface area (Å²) >= 11 is 0. The zero-order valence-electron chi connectivity index (χ0n) is 9.83. The number of phenols is 1. The molecule has 1 aromatic carbocycles. The SMILES string of the molecule is Cn1c(N)nc2nc(-c3ccc(O)cc3)ccc21. The van der Waals surface area contributed by atoms with Gasteiger partial charge in [0.2, 0.25) is 5.95 Å². The van der Waals surface area contributed by atoms with Crippen LogP contribution in [0.5, 0.6) is 5.75 Å². The van der Waals surface area contributed by atoms with Crippen LogP contribution in [0.4, 0.5) is 5.95 Å².